The van der Waals surface area contributed by atoms with Gasteiger partial charge in [-0.15, -0.1) is 0 Å². The van der Waals surface area contributed by atoms with Gasteiger partial charge in [-0.3, -0.25) is 0 Å². The first-order valence-electron chi connectivity index (χ1n) is 4.95. The fraction of sp³-hybridized carbons (Fsp3) is 0.500. The van der Waals surface area contributed by atoms with E-state index in [0.717, 1.165) is 0 Å². The minimum atomic E-state index is -2.42. The van der Waals surface area contributed by atoms with Crippen LogP contribution in [0.15, 0.2) is 0 Å². The summed E-state index contributed by atoms with van der Waals surface area (Å²) in [5.41, 5.74) is 0. The van der Waals surface area contributed by atoms with Crippen LogP contribution in [0.5, 0.6) is 0 Å². The zero-order chi connectivity index (χ0) is 20.7. The van der Waals surface area contributed by atoms with Gasteiger partial charge < -0.3 is 35.5 Å². The Morgan fingerprint density at radius 1 is 0.640 bits per heavy atom. The molecular formula is C8H14BF4LiO11. The normalized spacial score (nSPS) is 7.00. The second-order valence-corrected chi connectivity index (χ2v) is 2.44. The molecule has 17 heteroatoms. The summed E-state index contributed by atoms with van der Waals surface area (Å²) in [4.78, 5) is 36.0. The van der Waals surface area contributed by atoms with Crippen molar-refractivity contribution >= 4 is 31.2 Å². The van der Waals surface area contributed by atoms with Crippen LogP contribution in [0.1, 0.15) is 0 Å². The molecule has 25 heavy (non-hydrogen) atoms. The maximum Gasteiger partial charge on any atom is 1.00 e. The second-order valence-electron chi connectivity index (χ2n) is 2.44. The molecule has 0 aromatic heterocycles. The van der Waals surface area contributed by atoms with Crippen LogP contribution in [-0.4, -0.2) is 88.4 Å². The zero-order valence-electron chi connectivity index (χ0n) is 12.6. The molecule has 0 unspecified atom stereocenters. The van der Waals surface area contributed by atoms with E-state index in [2.05, 4.69) is 0 Å². The Kier molecular flexibility index (Phi) is 52.0. The van der Waals surface area contributed by atoms with Crippen LogP contribution in [0, 0.1) is 0 Å². The molecule has 0 amide bonds. The first-order valence-corrected chi connectivity index (χ1v) is 4.95. The van der Waals surface area contributed by atoms with Crippen molar-refractivity contribution in [3.8, 4) is 0 Å². The fourth-order valence-corrected chi connectivity index (χ4v) is 0. The predicted molar refractivity (Wildman–Crippen MR) is 64.6 cm³/mol. The Labute approximate surface area is 149 Å². The molecule has 0 heterocycles. The molecule has 0 radical (unpaired) electrons. The SMILES string of the molecule is O=C(O)CF.O=C(O)CF.O=C(O)CF.O=C(O)CF.[Li+].[O-]B(O)O. The Morgan fingerprint density at radius 3 is 0.680 bits per heavy atom. The quantitative estimate of drug-likeness (QED) is 0.200. The molecule has 0 bridgehead atoms. The number of rotatable bonds is 4. The molecular weight excluding hydrogens is 366 g/mol. The van der Waals surface area contributed by atoms with Crippen molar-refractivity contribution in [2.24, 2.45) is 0 Å². The van der Waals surface area contributed by atoms with E-state index in [9.17, 15) is 17.6 Å². The summed E-state index contributed by atoms with van der Waals surface area (Å²) in [6.45, 7) is -5.11. The Morgan fingerprint density at radius 2 is 0.680 bits per heavy atom. The van der Waals surface area contributed by atoms with Crippen LogP contribution >= 0.6 is 0 Å². The van der Waals surface area contributed by atoms with Crippen LogP contribution in [0.25, 0.3) is 0 Å². The first-order chi connectivity index (χ1) is 10.8. The summed E-state index contributed by atoms with van der Waals surface area (Å²) in [6, 6.07) is 0. The van der Waals surface area contributed by atoms with Gasteiger partial charge in [0.05, 0.1) is 0 Å². The van der Waals surface area contributed by atoms with Gasteiger partial charge in [0.25, 0.3) is 0 Å². The molecule has 0 saturated heterocycles. The molecule has 11 nitrogen and oxygen atoms in total. The summed E-state index contributed by atoms with van der Waals surface area (Å²) in [6.07, 6.45) is 0. The van der Waals surface area contributed by atoms with Gasteiger partial charge in [-0.25, -0.2) is 36.7 Å². The third-order valence-electron chi connectivity index (χ3n) is 0.457. The maximum atomic E-state index is 10.5. The minimum Gasteiger partial charge on any atom is -0.832 e. The summed E-state index contributed by atoms with van der Waals surface area (Å²) in [5.74, 6) is -5.65. The van der Waals surface area contributed by atoms with E-state index in [1.165, 1.54) is 0 Å². The van der Waals surface area contributed by atoms with E-state index in [-0.39, 0.29) is 18.9 Å². The maximum absolute atomic E-state index is 10.5. The number of aliphatic carboxylic acids is 4. The molecule has 0 aromatic carbocycles. The largest absolute Gasteiger partial charge is 1.00 e. The van der Waals surface area contributed by atoms with Crippen molar-refractivity contribution in [3.63, 3.8) is 0 Å². The number of carbonyl (C=O) groups is 4. The minimum absolute atomic E-state index is 0. The van der Waals surface area contributed by atoms with Gasteiger partial charge in [-0.2, -0.15) is 0 Å². The number of hydrogen-bond donors (Lipinski definition) is 6. The smallest absolute Gasteiger partial charge is 0.832 e. The van der Waals surface area contributed by atoms with Crippen LogP contribution < -0.4 is 23.9 Å². The number of carboxylic acids is 4. The Bertz CT molecular complexity index is 276. The number of halogens is 4. The van der Waals surface area contributed by atoms with Crippen LogP contribution in [0.3, 0.4) is 0 Å². The molecule has 6 N–H and O–H groups in total. The standard InChI is InChI=1S/4C2H3FO2.BH2O3.Li/c4*3-1-2(4)5;2-1(3)4;/h4*1H2,(H,4,5);2-3H;/q;;;;-1;+1. The van der Waals surface area contributed by atoms with Gasteiger partial charge in [-0.05, 0) is 0 Å². The van der Waals surface area contributed by atoms with Crippen molar-refractivity contribution in [2.45, 2.75) is 0 Å². The van der Waals surface area contributed by atoms with E-state index in [1.54, 1.807) is 0 Å². The molecule has 0 aliphatic carbocycles. The topological polar surface area (TPSA) is 213 Å². The summed E-state index contributed by atoms with van der Waals surface area (Å²) in [5, 5.41) is 52.1. The fourth-order valence-electron chi connectivity index (χ4n) is 0. The molecule has 0 rings (SSSR count). The molecule has 0 aliphatic rings. The Hall–Kier alpha value is -1.86. The third kappa shape index (κ3) is 238. The summed E-state index contributed by atoms with van der Waals surface area (Å²) >= 11 is 0. The van der Waals surface area contributed by atoms with Gasteiger partial charge >= 0.3 is 50.1 Å². The second kappa shape index (κ2) is 33.7. The van der Waals surface area contributed by atoms with Gasteiger partial charge in [0.2, 0.25) is 0 Å². The van der Waals surface area contributed by atoms with E-state index < -0.39 is 57.9 Å². The van der Waals surface area contributed by atoms with E-state index >= 15 is 0 Å². The molecule has 0 atom stereocenters. The van der Waals surface area contributed by atoms with Crippen LogP contribution in [-0.2, 0) is 19.2 Å². The van der Waals surface area contributed by atoms with Gasteiger partial charge in [-0.1, -0.05) is 0 Å². The zero-order valence-corrected chi connectivity index (χ0v) is 12.6. The predicted octanol–water partition coefficient (Wildman–Crippen LogP) is -5.52. The molecule has 0 saturated carbocycles. The average Bonchev–Trinajstić information content (AvgIpc) is 2.48. The molecule has 0 aromatic rings. The van der Waals surface area contributed by atoms with Crippen molar-refractivity contribution < 1.29 is 91.1 Å². The van der Waals surface area contributed by atoms with Gasteiger partial charge in [0, 0.05) is 0 Å². The summed E-state index contributed by atoms with van der Waals surface area (Å²) < 4.78 is 42.1. The Balaban J connectivity index is -0.0000000448. The average molecular weight is 380 g/mol. The van der Waals surface area contributed by atoms with Crippen molar-refractivity contribution in [2.75, 3.05) is 26.7 Å². The van der Waals surface area contributed by atoms with Gasteiger partial charge in [0.15, 0.2) is 26.7 Å². The van der Waals surface area contributed by atoms with Crippen LogP contribution in [0.4, 0.5) is 17.6 Å². The van der Waals surface area contributed by atoms with Crippen molar-refractivity contribution in [1.29, 1.82) is 0 Å². The monoisotopic (exact) mass is 380 g/mol. The van der Waals surface area contributed by atoms with E-state index in [0.29, 0.717) is 0 Å². The molecule has 0 spiro atoms. The number of alkyl halides is 4. The van der Waals surface area contributed by atoms with Crippen molar-refractivity contribution in [3.05, 3.63) is 0 Å². The molecule has 144 valence electrons. The van der Waals surface area contributed by atoms with Crippen LogP contribution in [0.2, 0.25) is 0 Å². The summed E-state index contributed by atoms with van der Waals surface area (Å²) in [7, 11) is -2.42. The van der Waals surface area contributed by atoms with E-state index in [4.69, 9.17) is 54.7 Å². The number of hydrogen-bond acceptors (Lipinski definition) is 7. The molecule has 0 fully saturated rings. The number of carboxylic acid groups (broad SMARTS) is 4. The third-order valence-corrected chi connectivity index (χ3v) is 0.457. The van der Waals surface area contributed by atoms with Crippen molar-refractivity contribution in [1.82, 2.24) is 0 Å². The van der Waals surface area contributed by atoms with Gasteiger partial charge in [0.1, 0.15) is 0 Å². The first kappa shape index (κ1) is 38.6. The van der Waals surface area contributed by atoms with E-state index in [1.807, 2.05) is 0 Å². The molecule has 0 aliphatic heterocycles.